The maximum atomic E-state index is 11.9. The van der Waals surface area contributed by atoms with Crippen molar-refractivity contribution in [3.8, 4) is 0 Å². The van der Waals surface area contributed by atoms with E-state index in [1.807, 2.05) is 26.0 Å². The Morgan fingerprint density at radius 1 is 1.41 bits per heavy atom. The first kappa shape index (κ1) is 11.9. The van der Waals surface area contributed by atoms with Crippen LogP contribution in [0.5, 0.6) is 0 Å². The Labute approximate surface area is 107 Å². The van der Waals surface area contributed by atoms with Crippen LogP contribution in [-0.2, 0) is 0 Å². The van der Waals surface area contributed by atoms with E-state index in [0.29, 0.717) is 16.1 Å². The van der Waals surface area contributed by atoms with Gasteiger partial charge < -0.3 is 9.73 Å². The topological polar surface area (TPSA) is 55.1 Å². The van der Waals surface area contributed by atoms with Crippen molar-refractivity contribution < 1.29 is 9.21 Å². The molecule has 1 N–H and O–H groups in total. The highest BCUT2D eigenvalue weighted by Gasteiger charge is 2.13. The van der Waals surface area contributed by atoms with Gasteiger partial charge in [0.15, 0.2) is 4.67 Å². The Morgan fingerprint density at radius 2 is 2.18 bits per heavy atom. The van der Waals surface area contributed by atoms with E-state index in [0.717, 1.165) is 11.3 Å². The van der Waals surface area contributed by atoms with Crippen molar-refractivity contribution in [2.75, 3.05) is 5.32 Å². The molecule has 0 unspecified atom stereocenters. The second-order valence-corrected chi connectivity index (χ2v) is 4.45. The number of pyridine rings is 1. The Kier molecular flexibility index (Phi) is 3.28. The van der Waals surface area contributed by atoms with E-state index in [-0.39, 0.29) is 5.91 Å². The molecule has 17 heavy (non-hydrogen) atoms. The van der Waals surface area contributed by atoms with Gasteiger partial charge in [0.25, 0.3) is 5.91 Å². The SMILES string of the molecule is Cc1cc(C)nc(NC(=O)c2ccoc2Br)c1. The van der Waals surface area contributed by atoms with Gasteiger partial charge in [-0.3, -0.25) is 4.79 Å². The average molecular weight is 295 g/mol. The molecule has 2 heterocycles. The van der Waals surface area contributed by atoms with Crippen LogP contribution in [0.1, 0.15) is 21.6 Å². The van der Waals surface area contributed by atoms with E-state index in [1.165, 1.54) is 6.26 Å². The summed E-state index contributed by atoms with van der Waals surface area (Å²) in [6.45, 7) is 3.84. The first-order chi connectivity index (χ1) is 8.06. The Balaban J connectivity index is 2.21. The van der Waals surface area contributed by atoms with Crippen LogP contribution in [0.25, 0.3) is 0 Å². The van der Waals surface area contributed by atoms with Gasteiger partial charge in [0, 0.05) is 5.69 Å². The molecule has 2 aromatic heterocycles. The Hall–Kier alpha value is -1.62. The number of aryl methyl sites for hydroxylation is 2. The Bertz CT molecular complexity index is 543. The second kappa shape index (κ2) is 4.71. The molecule has 2 aromatic rings. The molecule has 0 aliphatic heterocycles. The van der Waals surface area contributed by atoms with Crippen molar-refractivity contribution >= 4 is 27.7 Å². The van der Waals surface area contributed by atoms with Gasteiger partial charge in [0.05, 0.1) is 11.8 Å². The van der Waals surface area contributed by atoms with Crippen molar-refractivity contribution in [1.82, 2.24) is 4.98 Å². The number of halogens is 1. The zero-order chi connectivity index (χ0) is 12.4. The van der Waals surface area contributed by atoms with Crippen molar-refractivity contribution in [3.63, 3.8) is 0 Å². The highest BCUT2D eigenvalue weighted by atomic mass is 79.9. The standard InChI is InChI=1S/C12H11BrN2O2/c1-7-5-8(2)14-10(6-7)15-12(16)9-3-4-17-11(9)13/h3-6H,1-2H3,(H,14,15,16). The molecule has 0 aliphatic rings. The van der Waals surface area contributed by atoms with Crippen LogP contribution < -0.4 is 5.32 Å². The van der Waals surface area contributed by atoms with Crippen LogP contribution in [0.4, 0.5) is 5.82 Å². The van der Waals surface area contributed by atoms with E-state index in [2.05, 4.69) is 26.2 Å². The van der Waals surface area contributed by atoms with Gasteiger partial charge in [0.1, 0.15) is 5.82 Å². The third-order valence-electron chi connectivity index (χ3n) is 2.20. The van der Waals surface area contributed by atoms with Crippen LogP contribution in [0.15, 0.2) is 33.5 Å². The highest BCUT2D eigenvalue weighted by molar-refractivity contribution is 9.10. The number of nitrogens with zero attached hydrogens (tertiary/aromatic N) is 1. The van der Waals surface area contributed by atoms with Gasteiger partial charge in [-0.25, -0.2) is 4.98 Å². The smallest absolute Gasteiger partial charge is 0.261 e. The zero-order valence-electron chi connectivity index (χ0n) is 9.45. The van der Waals surface area contributed by atoms with Crippen LogP contribution in [0.3, 0.4) is 0 Å². The summed E-state index contributed by atoms with van der Waals surface area (Å²) in [6, 6.07) is 5.37. The first-order valence-electron chi connectivity index (χ1n) is 5.06. The van der Waals surface area contributed by atoms with E-state index in [9.17, 15) is 4.79 Å². The normalized spacial score (nSPS) is 10.3. The minimum absolute atomic E-state index is 0.247. The van der Waals surface area contributed by atoms with Gasteiger partial charge in [-0.05, 0) is 53.5 Å². The van der Waals surface area contributed by atoms with Gasteiger partial charge in [0.2, 0.25) is 0 Å². The van der Waals surface area contributed by atoms with Gasteiger partial charge in [-0.15, -0.1) is 0 Å². The lowest BCUT2D eigenvalue weighted by molar-refractivity contribution is 0.102. The fraction of sp³-hybridized carbons (Fsp3) is 0.167. The second-order valence-electron chi connectivity index (χ2n) is 3.73. The number of amides is 1. The Morgan fingerprint density at radius 3 is 2.76 bits per heavy atom. The summed E-state index contributed by atoms with van der Waals surface area (Å²) < 4.78 is 5.42. The number of carbonyl (C=O) groups is 1. The van der Waals surface area contributed by atoms with Crippen molar-refractivity contribution in [2.45, 2.75) is 13.8 Å². The molecule has 0 saturated carbocycles. The number of hydrogen-bond donors (Lipinski definition) is 1. The maximum absolute atomic E-state index is 11.9. The lowest BCUT2D eigenvalue weighted by Crippen LogP contribution is -2.13. The van der Waals surface area contributed by atoms with E-state index < -0.39 is 0 Å². The van der Waals surface area contributed by atoms with Crippen molar-refractivity contribution in [1.29, 1.82) is 0 Å². The minimum Gasteiger partial charge on any atom is -0.457 e. The predicted molar refractivity (Wildman–Crippen MR) is 68.1 cm³/mol. The number of anilines is 1. The number of aromatic nitrogens is 1. The molecule has 5 heteroatoms. The monoisotopic (exact) mass is 294 g/mol. The predicted octanol–water partition coefficient (Wildman–Crippen LogP) is 3.31. The fourth-order valence-electron chi connectivity index (χ4n) is 1.54. The molecule has 0 atom stereocenters. The molecule has 0 spiro atoms. The molecule has 0 saturated heterocycles. The molecule has 0 radical (unpaired) electrons. The zero-order valence-corrected chi connectivity index (χ0v) is 11.0. The maximum Gasteiger partial charge on any atom is 0.261 e. The number of rotatable bonds is 2. The lowest BCUT2D eigenvalue weighted by Gasteiger charge is -2.05. The van der Waals surface area contributed by atoms with Gasteiger partial charge in [-0.1, -0.05) is 0 Å². The molecule has 0 aromatic carbocycles. The fourth-order valence-corrected chi connectivity index (χ4v) is 1.96. The molecule has 1 amide bonds. The van der Waals surface area contributed by atoms with Crippen molar-refractivity contribution in [2.24, 2.45) is 0 Å². The molecular formula is C12H11BrN2O2. The third-order valence-corrected chi connectivity index (χ3v) is 2.82. The third kappa shape index (κ3) is 2.74. The van der Waals surface area contributed by atoms with E-state index in [1.54, 1.807) is 6.07 Å². The summed E-state index contributed by atoms with van der Waals surface area (Å²) >= 11 is 3.16. The number of nitrogens with one attached hydrogen (secondary N) is 1. The minimum atomic E-state index is -0.247. The summed E-state index contributed by atoms with van der Waals surface area (Å²) in [4.78, 5) is 16.1. The lowest BCUT2D eigenvalue weighted by atomic mass is 10.2. The van der Waals surface area contributed by atoms with Crippen molar-refractivity contribution in [3.05, 3.63) is 46.0 Å². The summed E-state index contributed by atoms with van der Waals surface area (Å²) in [5, 5.41) is 2.73. The summed E-state index contributed by atoms with van der Waals surface area (Å²) in [5.74, 6) is 0.295. The summed E-state index contributed by atoms with van der Waals surface area (Å²) in [5.41, 5.74) is 2.37. The van der Waals surface area contributed by atoms with Crippen LogP contribution in [0.2, 0.25) is 0 Å². The van der Waals surface area contributed by atoms with Gasteiger partial charge >= 0.3 is 0 Å². The molecule has 0 fully saturated rings. The molecule has 0 aliphatic carbocycles. The van der Waals surface area contributed by atoms with Crippen LogP contribution in [0, 0.1) is 13.8 Å². The molecule has 4 nitrogen and oxygen atoms in total. The van der Waals surface area contributed by atoms with E-state index >= 15 is 0 Å². The van der Waals surface area contributed by atoms with Gasteiger partial charge in [-0.2, -0.15) is 0 Å². The van der Waals surface area contributed by atoms with Crippen LogP contribution >= 0.6 is 15.9 Å². The molecule has 0 bridgehead atoms. The summed E-state index contributed by atoms with van der Waals surface area (Å²) in [6.07, 6.45) is 1.45. The average Bonchev–Trinajstić information content (AvgIpc) is 2.62. The quantitative estimate of drug-likeness (QED) is 0.924. The van der Waals surface area contributed by atoms with E-state index in [4.69, 9.17) is 4.42 Å². The molecular weight excluding hydrogens is 284 g/mol. The number of furan rings is 1. The highest BCUT2D eigenvalue weighted by Crippen LogP contribution is 2.19. The number of hydrogen-bond acceptors (Lipinski definition) is 3. The molecule has 2 rings (SSSR count). The first-order valence-corrected chi connectivity index (χ1v) is 5.85. The summed E-state index contributed by atoms with van der Waals surface area (Å²) in [7, 11) is 0. The largest absolute Gasteiger partial charge is 0.457 e. The van der Waals surface area contributed by atoms with Crippen LogP contribution in [-0.4, -0.2) is 10.9 Å². The molecule has 88 valence electrons. The number of carbonyl (C=O) groups excluding carboxylic acids is 1.